The van der Waals surface area contributed by atoms with Crippen molar-refractivity contribution in [3.8, 4) is 11.3 Å². The summed E-state index contributed by atoms with van der Waals surface area (Å²) in [6.45, 7) is 1.04. The highest BCUT2D eigenvalue weighted by Gasteiger charge is 2.34. The van der Waals surface area contributed by atoms with Crippen LogP contribution in [0.2, 0.25) is 0 Å². The van der Waals surface area contributed by atoms with Crippen LogP contribution in [0.5, 0.6) is 0 Å². The van der Waals surface area contributed by atoms with Gasteiger partial charge < -0.3 is 10.0 Å². The maximum atomic E-state index is 12.9. The van der Waals surface area contributed by atoms with Crippen molar-refractivity contribution in [3.05, 3.63) is 46.0 Å². The number of aliphatic hydroxyl groups excluding tert-OH is 1. The van der Waals surface area contributed by atoms with Gasteiger partial charge in [0.2, 0.25) is 0 Å². The Balaban J connectivity index is 1.60. The predicted octanol–water partition coefficient (Wildman–Crippen LogP) is 4.80. The molecule has 1 aromatic carbocycles. The highest BCUT2D eigenvalue weighted by atomic mass is 32.1. The molecular formula is C18H16F3N3OS. The van der Waals surface area contributed by atoms with E-state index >= 15 is 0 Å². The fourth-order valence-corrected chi connectivity index (χ4v) is 3.90. The fraction of sp³-hybridized carbons (Fsp3) is 0.333. The standard InChI is InChI=1S/C18H16F3N3OS/c19-18(20,21)12-3-1-2-11(6-12)13-9-26-17(23-13)15-14(25)8-24(16(15)22)7-10-4-5-10/h1-3,6,9-10,22,25H,4-5,7-8H2. The van der Waals surface area contributed by atoms with Crippen molar-refractivity contribution in [3.63, 3.8) is 0 Å². The summed E-state index contributed by atoms with van der Waals surface area (Å²) in [5.74, 6) is 0.916. The molecule has 0 radical (unpaired) electrons. The first-order valence-electron chi connectivity index (χ1n) is 8.22. The van der Waals surface area contributed by atoms with E-state index in [0.29, 0.717) is 34.3 Å². The molecule has 1 fully saturated rings. The molecule has 1 aliphatic carbocycles. The molecule has 26 heavy (non-hydrogen) atoms. The van der Waals surface area contributed by atoms with Crippen LogP contribution in [-0.4, -0.2) is 33.9 Å². The minimum atomic E-state index is -4.41. The summed E-state index contributed by atoms with van der Waals surface area (Å²) in [5.41, 5.74) is 0.427. The highest BCUT2D eigenvalue weighted by Crippen LogP contribution is 2.37. The molecule has 8 heteroatoms. The number of amidine groups is 1. The smallest absolute Gasteiger partial charge is 0.416 e. The van der Waals surface area contributed by atoms with Crippen molar-refractivity contribution in [1.82, 2.24) is 9.88 Å². The number of hydrogen-bond acceptors (Lipinski definition) is 4. The lowest BCUT2D eigenvalue weighted by atomic mass is 10.1. The first-order valence-corrected chi connectivity index (χ1v) is 9.10. The van der Waals surface area contributed by atoms with E-state index in [-0.39, 0.29) is 11.6 Å². The zero-order chi connectivity index (χ0) is 18.5. The van der Waals surface area contributed by atoms with Gasteiger partial charge in [-0.05, 0) is 30.9 Å². The van der Waals surface area contributed by atoms with E-state index in [1.807, 2.05) is 4.90 Å². The molecule has 0 atom stereocenters. The van der Waals surface area contributed by atoms with Crippen LogP contribution in [-0.2, 0) is 6.18 Å². The zero-order valence-electron chi connectivity index (χ0n) is 13.7. The summed E-state index contributed by atoms with van der Waals surface area (Å²) in [6, 6.07) is 5.00. The van der Waals surface area contributed by atoms with Crippen molar-refractivity contribution in [1.29, 1.82) is 5.41 Å². The molecule has 0 bridgehead atoms. The lowest BCUT2D eigenvalue weighted by Gasteiger charge is -2.17. The van der Waals surface area contributed by atoms with Crippen molar-refractivity contribution in [2.75, 3.05) is 13.1 Å². The molecule has 4 rings (SSSR count). The molecule has 136 valence electrons. The van der Waals surface area contributed by atoms with Crippen LogP contribution in [0.15, 0.2) is 35.4 Å². The van der Waals surface area contributed by atoms with E-state index in [0.717, 1.165) is 31.5 Å². The molecule has 1 aliphatic heterocycles. The Morgan fingerprint density at radius 3 is 2.77 bits per heavy atom. The number of thiazole rings is 1. The van der Waals surface area contributed by atoms with Crippen LogP contribution in [0.3, 0.4) is 0 Å². The summed E-state index contributed by atoms with van der Waals surface area (Å²) in [7, 11) is 0. The highest BCUT2D eigenvalue weighted by molar-refractivity contribution is 7.11. The Kier molecular flexibility index (Phi) is 4.02. The molecule has 1 saturated carbocycles. The summed E-state index contributed by atoms with van der Waals surface area (Å²) < 4.78 is 38.7. The molecule has 2 N–H and O–H groups in total. The number of hydrogen-bond donors (Lipinski definition) is 2. The van der Waals surface area contributed by atoms with E-state index in [1.165, 1.54) is 17.4 Å². The van der Waals surface area contributed by atoms with Crippen molar-refractivity contribution >= 4 is 22.7 Å². The second-order valence-electron chi connectivity index (χ2n) is 6.61. The Morgan fingerprint density at radius 1 is 1.31 bits per heavy atom. The quantitative estimate of drug-likeness (QED) is 0.802. The van der Waals surface area contributed by atoms with Gasteiger partial charge in [0.1, 0.15) is 16.6 Å². The van der Waals surface area contributed by atoms with Crippen LogP contribution in [0.4, 0.5) is 13.2 Å². The van der Waals surface area contributed by atoms with Gasteiger partial charge in [-0.1, -0.05) is 12.1 Å². The lowest BCUT2D eigenvalue weighted by Crippen LogP contribution is -2.28. The first-order chi connectivity index (χ1) is 12.3. The molecular weight excluding hydrogens is 363 g/mol. The number of benzene rings is 1. The molecule has 2 aromatic rings. The minimum Gasteiger partial charge on any atom is -0.510 e. The van der Waals surface area contributed by atoms with Gasteiger partial charge in [-0.3, -0.25) is 5.41 Å². The summed E-state index contributed by atoms with van der Waals surface area (Å²) in [4.78, 5) is 6.21. The van der Waals surface area contributed by atoms with Gasteiger partial charge in [0, 0.05) is 17.5 Å². The molecule has 0 amide bonds. The minimum absolute atomic E-state index is 0.0978. The first kappa shape index (κ1) is 17.1. The Hall–Kier alpha value is -2.35. The summed E-state index contributed by atoms with van der Waals surface area (Å²) >= 11 is 1.22. The SMILES string of the molecule is N=C1C(c2nc(-c3cccc(C(F)(F)F)c3)cs2)=C(O)CN1CC1CC1. The predicted molar refractivity (Wildman–Crippen MR) is 94.1 cm³/mol. The fourth-order valence-electron chi connectivity index (χ4n) is 3.00. The third-order valence-electron chi connectivity index (χ3n) is 4.56. The third kappa shape index (κ3) is 3.21. The van der Waals surface area contributed by atoms with E-state index in [2.05, 4.69) is 4.98 Å². The normalized spacial score (nSPS) is 18.1. The molecule has 0 unspecified atom stereocenters. The summed E-state index contributed by atoms with van der Waals surface area (Å²) in [6.07, 6.45) is -2.11. The Bertz CT molecular complexity index is 899. The third-order valence-corrected chi connectivity index (χ3v) is 5.42. The summed E-state index contributed by atoms with van der Waals surface area (Å²) in [5, 5.41) is 20.7. The number of nitrogens with zero attached hydrogens (tertiary/aromatic N) is 2. The van der Waals surface area contributed by atoms with Gasteiger partial charge in [-0.15, -0.1) is 11.3 Å². The van der Waals surface area contributed by atoms with Crippen LogP contribution < -0.4 is 0 Å². The monoisotopic (exact) mass is 379 g/mol. The molecule has 1 aromatic heterocycles. The van der Waals surface area contributed by atoms with Gasteiger partial charge in [0.15, 0.2) is 0 Å². The average molecular weight is 379 g/mol. The maximum absolute atomic E-state index is 12.9. The maximum Gasteiger partial charge on any atom is 0.416 e. The van der Waals surface area contributed by atoms with Gasteiger partial charge >= 0.3 is 6.18 Å². The molecule has 0 saturated heterocycles. The molecule has 4 nitrogen and oxygen atoms in total. The van der Waals surface area contributed by atoms with Crippen molar-refractivity contribution in [2.45, 2.75) is 19.0 Å². The van der Waals surface area contributed by atoms with Gasteiger partial charge in [-0.2, -0.15) is 13.2 Å². The number of aliphatic hydroxyl groups is 1. The second-order valence-corrected chi connectivity index (χ2v) is 7.47. The molecule has 2 aliphatic rings. The van der Waals surface area contributed by atoms with Crippen LogP contribution in [0.25, 0.3) is 16.8 Å². The van der Waals surface area contributed by atoms with Gasteiger partial charge in [-0.25, -0.2) is 4.98 Å². The van der Waals surface area contributed by atoms with Crippen LogP contribution >= 0.6 is 11.3 Å². The zero-order valence-corrected chi connectivity index (χ0v) is 14.5. The topological polar surface area (TPSA) is 60.2 Å². The Labute approximate surface area is 152 Å². The average Bonchev–Trinajstić information content (AvgIpc) is 3.19. The van der Waals surface area contributed by atoms with Crippen LogP contribution in [0.1, 0.15) is 23.4 Å². The number of halogens is 3. The van der Waals surface area contributed by atoms with Crippen molar-refractivity contribution < 1.29 is 18.3 Å². The van der Waals surface area contributed by atoms with E-state index < -0.39 is 11.7 Å². The van der Waals surface area contributed by atoms with Crippen LogP contribution in [0, 0.1) is 11.3 Å². The van der Waals surface area contributed by atoms with E-state index in [4.69, 9.17) is 5.41 Å². The second kappa shape index (κ2) is 6.12. The number of rotatable bonds is 4. The number of nitrogens with one attached hydrogen (secondary N) is 1. The van der Waals surface area contributed by atoms with Gasteiger partial charge in [0.05, 0.1) is 23.4 Å². The number of alkyl halides is 3. The van der Waals surface area contributed by atoms with Crippen molar-refractivity contribution in [2.24, 2.45) is 5.92 Å². The van der Waals surface area contributed by atoms with Gasteiger partial charge in [0.25, 0.3) is 0 Å². The Morgan fingerprint density at radius 2 is 2.08 bits per heavy atom. The van der Waals surface area contributed by atoms with E-state index in [1.54, 1.807) is 11.4 Å². The molecule has 0 spiro atoms. The lowest BCUT2D eigenvalue weighted by molar-refractivity contribution is -0.137. The van der Waals surface area contributed by atoms with E-state index in [9.17, 15) is 18.3 Å². The number of aromatic nitrogens is 1. The largest absolute Gasteiger partial charge is 0.510 e. The molecule has 2 heterocycles.